The number of rotatable bonds is 9. The van der Waals surface area contributed by atoms with E-state index in [9.17, 15) is 14.9 Å². The van der Waals surface area contributed by atoms with Gasteiger partial charge < -0.3 is 4.90 Å². The van der Waals surface area contributed by atoms with Gasteiger partial charge in [-0.25, -0.2) is 4.98 Å². The van der Waals surface area contributed by atoms with Crippen molar-refractivity contribution in [3.8, 4) is 0 Å². The van der Waals surface area contributed by atoms with E-state index in [0.717, 1.165) is 28.9 Å². The Morgan fingerprint density at radius 2 is 1.94 bits per heavy atom. The summed E-state index contributed by atoms with van der Waals surface area (Å²) in [6.45, 7) is 9.07. The molecule has 3 rings (SSSR count). The number of likely N-dealkylation sites (N-methyl/N-ethyl adjacent to an activating group) is 1. The van der Waals surface area contributed by atoms with Gasteiger partial charge in [0.1, 0.15) is 0 Å². The second-order valence-corrected chi connectivity index (χ2v) is 8.71. The number of carbonyl (C=O) groups excluding carboxylic acids is 1. The van der Waals surface area contributed by atoms with E-state index in [-0.39, 0.29) is 24.0 Å². The van der Waals surface area contributed by atoms with Crippen LogP contribution in [0.25, 0.3) is 16.3 Å². The molecule has 0 aliphatic rings. The zero-order valence-corrected chi connectivity index (χ0v) is 21.0. The van der Waals surface area contributed by atoms with Gasteiger partial charge in [-0.15, -0.1) is 12.4 Å². The molecule has 0 atom stereocenters. The lowest BCUT2D eigenvalue weighted by Crippen LogP contribution is -2.38. The summed E-state index contributed by atoms with van der Waals surface area (Å²) in [4.78, 5) is 32.4. The van der Waals surface area contributed by atoms with E-state index in [4.69, 9.17) is 16.6 Å². The zero-order valence-electron chi connectivity index (χ0n) is 18.7. The van der Waals surface area contributed by atoms with Gasteiger partial charge in [0.2, 0.25) is 0 Å². The van der Waals surface area contributed by atoms with Crippen LogP contribution in [0, 0.1) is 17.0 Å². The first-order valence-electron chi connectivity index (χ1n) is 10.4. The van der Waals surface area contributed by atoms with E-state index >= 15 is 0 Å². The highest BCUT2D eigenvalue weighted by atomic mass is 35.5. The van der Waals surface area contributed by atoms with Crippen molar-refractivity contribution < 1.29 is 9.72 Å². The fraction of sp³-hybridized carbons (Fsp3) is 0.304. The number of carbonyl (C=O) groups is 1. The third kappa shape index (κ3) is 6.74. The fourth-order valence-corrected chi connectivity index (χ4v) is 4.79. The molecule has 0 aliphatic heterocycles. The average molecular weight is 509 g/mol. The standard InChI is InChI=1S/C23H25ClN4O3S.ClH/c1-4-26(5-2)11-12-27(23-25-22-16(3)13-18(24)15-20(22)32-23)21(29)10-9-17-7-6-8-19(14-17)28(30)31;/h6-10,13-15H,4-5,11-12H2,1-3H3;1H. The Hall–Kier alpha value is -2.52. The zero-order chi connectivity index (χ0) is 23.3. The molecule has 33 heavy (non-hydrogen) atoms. The Morgan fingerprint density at radius 3 is 2.61 bits per heavy atom. The van der Waals surface area contributed by atoms with Crippen molar-refractivity contribution in [3.63, 3.8) is 0 Å². The van der Waals surface area contributed by atoms with E-state index in [0.29, 0.717) is 28.8 Å². The number of nitrogens with zero attached hydrogens (tertiary/aromatic N) is 4. The molecule has 0 radical (unpaired) electrons. The number of amides is 1. The topological polar surface area (TPSA) is 79.6 Å². The van der Waals surface area contributed by atoms with Crippen molar-refractivity contribution in [2.45, 2.75) is 20.8 Å². The number of nitro groups is 1. The van der Waals surface area contributed by atoms with E-state index in [2.05, 4.69) is 18.7 Å². The van der Waals surface area contributed by atoms with Gasteiger partial charge in [0.25, 0.3) is 11.6 Å². The van der Waals surface area contributed by atoms with Crippen LogP contribution in [-0.4, -0.2) is 46.9 Å². The van der Waals surface area contributed by atoms with E-state index in [1.54, 1.807) is 23.1 Å². The number of fused-ring (bicyclic) bond motifs is 1. The van der Waals surface area contributed by atoms with Gasteiger partial charge >= 0.3 is 0 Å². The highest BCUT2D eigenvalue weighted by molar-refractivity contribution is 7.22. The monoisotopic (exact) mass is 508 g/mol. The quantitative estimate of drug-likeness (QED) is 0.202. The number of nitro benzene ring substituents is 1. The summed E-state index contributed by atoms with van der Waals surface area (Å²) in [6, 6.07) is 9.90. The van der Waals surface area contributed by atoms with Crippen LogP contribution in [0.1, 0.15) is 25.0 Å². The van der Waals surface area contributed by atoms with E-state index < -0.39 is 4.92 Å². The maximum absolute atomic E-state index is 13.2. The SMILES string of the molecule is CCN(CC)CCN(C(=O)C=Cc1cccc([N+](=O)[O-])c1)c1nc2c(C)cc(Cl)cc2s1.Cl. The third-order valence-electron chi connectivity index (χ3n) is 5.17. The van der Waals surface area contributed by atoms with Crippen LogP contribution < -0.4 is 4.90 Å². The first kappa shape index (κ1) is 26.7. The van der Waals surface area contributed by atoms with E-state index in [1.807, 2.05) is 19.1 Å². The van der Waals surface area contributed by atoms with Crippen molar-refractivity contribution in [2.24, 2.45) is 0 Å². The molecule has 7 nitrogen and oxygen atoms in total. The summed E-state index contributed by atoms with van der Waals surface area (Å²) in [5.74, 6) is -0.230. The normalized spacial score (nSPS) is 11.2. The predicted octanol–water partition coefficient (Wildman–Crippen LogP) is 5.98. The summed E-state index contributed by atoms with van der Waals surface area (Å²) in [5, 5.41) is 12.3. The molecule has 0 unspecified atom stereocenters. The number of non-ortho nitro benzene ring substituents is 1. The largest absolute Gasteiger partial charge is 0.302 e. The summed E-state index contributed by atoms with van der Waals surface area (Å²) in [6.07, 6.45) is 3.03. The van der Waals surface area contributed by atoms with Gasteiger partial charge in [-0.05, 0) is 49.3 Å². The number of aromatic nitrogens is 1. The number of anilines is 1. The van der Waals surface area contributed by atoms with Gasteiger partial charge in [-0.2, -0.15) is 0 Å². The fourth-order valence-electron chi connectivity index (χ4n) is 3.34. The minimum absolute atomic E-state index is 0. The summed E-state index contributed by atoms with van der Waals surface area (Å²) >= 11 is 7.63. The van der Waals surface area contributed by atoms with Crippen LogP contribution in [0.3, 0.4) is 0 Å². The molecule has 176 valence electrons. The minimum atomic E-state index is -0.454. The summed E-state index contributed by atoms with van der Waals surface area (Å²) < 4.78 is 0.924. The van der Waals surface area contributed by atoms with E-state index in [1.165, 1.54) is 29.5 Å². The van der Waals surface area contributed by atoms with Crippen LogP contribution >= 0.6 is 35.3 Å². The van der Waals surface area contributed by atoms with Crippen LogP contribution in [0.4, 0.5) is 10.8 Å². The maximum Gasteiger partial charge on any atom is 0.270 e. The molecule has 0 N–H and O–H groups in total. The average Bonchev–Trinajstić information content (AvgIpc) is 3.19. The first-order chi connectivity index (χ1) is 15.3. The molecule has 0 spiro atoms. The molecule has 0 aliphatic carbocycles. The second-order valence-electron chi connectivity index (χ2n) is 7.27. The lowest BCUT2D eigenvalue weighted by atomic mass is 10.2. The van der Waals surface area contributed by atoms with Crippen molar-refractivity contribution in [1.29, 1.82) is 0 Å². The van der Waals surface area contributed by atoms with Crippen molar-refractivity contribution in [3.05, 3.63) is 68.7 Å². The lowest BCUT2D eigenvalue weighted by molar-refractivity contribution is -0.384. The van der Waals surface area contributed by atoms with Gasteiger partial charge in [0.15, 0.2) is 5.13 Å². The molecular formula is C23H26Cl2N4O3S. The first-order valence-corrected chi connectivity index (χ1v) is 11.5. The van der Waals surface area contributed by atoms with Gasteiger partial charge in [-0.1, -0.05) is 48.9 Å². The Labute approximate surface area is 208 Å². The Bertz CT molecular complexity index is 1160. The van der Waals surface area contributed by atoms with Crippen LogP contribution in [0.5, 0.6) is 0 Å². The molecule has 1 aromatic heterocycles. The van der Waals surface area contributed by atoms with Crippen molar-refractivity contribution in [1.82, 2.24) is 9.88 Å². The van der Waals surface area contributed by atoms with Crippen LogP contribution in [0.2, 0.25) is 5.02 Å². The number of thiazole rings is 1. The van der Waals surface area contributed by atoms with Crippen molar-refractivity contribution >= 4 is 68.4 Å². The molecule has 0 saturated heterocycles. The van der Waals surface area contributed by atoms with Gasteiger partial charge in [-0.3, -0.25) is 19.8 Å². The van der Waals surface area contributed by atoms with Crippen LogP contribution in [-0.2, 0) is 4.79 Å². The molecule has 3 aromatic rings. The molecule has 1 heterocycles. The Morgan fingerprint density at radius 1 is 1.21 bits per heavy atom. The smallest absolute Gasteiger partial charge is 0.270 e. The second kappa shape index (κ2) is 12.1. The molecule has 0 fully saturated rings. The maximum atomic E-state index is 13.2. The molecule has 2 aromatic carbocycles. The number of benzene rings is 2. The number of hydrogen-bond donors (Lipinski definition) is 0. The minimum Gasteiger partial charge on any atom is -0.302 e. The molecule has 0 saturated carbocycles. The predicted molar refractivity (Wildman–Crippen MR) is 139 cm³/mol. The van der Waals surface area contributed by atoms with Gasteiger partial charge in [0, 0.05) is 36.3 Å². The highest BCUT2D eigenvalue weighted by Gasteiger charge is 2.19. The van der Waals surface area contributed by atoms with Crippen LogP contribution in [0.15, 0.2) is 42.5 Å². The summed E-state index contributed by atoms with van der Waals surface area (Å²) in [5.41, 5.74) is 2.36. The summed E-state index contributed by atoms with van der Waals surface area (Å²) in [7, 11) is 0. The Kier molecular flexibility index (Phi) is 9.79. The number of hydrogen-bond acceptors (Lipinski definition) is 6. The highest BCUT2D eigenvalue weighted by Crippen LogP contribution is 2.33. The van der Waals surface area contributed by atoms with Crippen molar-refractivity contribution in [2.75, 3.05) is 31.1 Å². The number of aryl methyl sites for hydroxylation is 1. The third-order valence-corrected chi connectivity index (χ3v) is 6.41. The molecule has 10 heteroatoms. The lowest BCUT2D eigenvalue weighted by Gasteiger charge is -2.23. The Balaban J connectivity index is 0.00000385. The molecule has 0 bridgehead atoms. The van der Waals surface area contributed by atoms with Gasteiger partial charge in [0.05, 0.1) is 15.1 Å². The molecular weight excluding hydrogens is 483 g/mol. The molecule has 1 amide bonds. The number of halogens is 2.